The molecule has 0 bridgehead atoms. The molecule has 0 atom stereocenters. The number of nitrogens with one attached hydrogen (secondary N) is 1. The van der Waals surface area contributed by atoms with Gasteiger partial charge in [-0.1, -0.05) is 18.2 Å². The normalized spacial score (nSPS) is 14.4. The molecule has 1 aliphatic rings. The van der Waals surface area contributed by atoms with Crippen LogP contribution in [-0.4, -0.2) is 23.5 Å². The molecule has 0 aliphatic heterocycles. The molecule has 1 aromatic carbocycles. The highest BCUT2D eigenvalue weighted by molar-refractivity contribution is 5.75. The predicted octanol–water partition coefficient (Wildman–Crippen LogP) is 1.96. The molecule has 0 radical (unpaired) electrons. The van der Waals surface area contributed by atoms with Crippen molar-refractivity contribution in [3.63, 3.8) is 0 Å². The van der Waals surface area contributed by atoms with Crippen LogP contribution in [0.5, 0.6) is 0 Å². The van der Waals surface area contributed by atoms with E-state index in [0.717, 1.165) is 24.1 Å². The molecule has 0 saturated heterocycles. The van der Waals surface area contributed by atoms with Gasteiger partial charge >= 0.3 is 6.03 Å². The van der Waals surface area contributed by atoms with Gasteiger partial charge in [0.05, 0.1) is 0 Å². The van der Waals surface area contributed by atoms with Crippen molar-refractivity contribution >= 4 is 11.7 Å². The summed E-state index contributed by atoms with van der Waals surface area (Å²) in [5, 5.41) is 2.99. The highest BCUT2D eigenvalue weighted by Crippen LogP contribution is 2.19. The fourth-order valence-electron chi connectivity index (χ4n) is 1.70. The fraction of sp³-hybridized carbons (Fsp3) is 0.462. The summed E-state index contributed by atoms with van der Waals surface area (Å²) in [5.74, 6) is 0. The highest BCUT2D eigenvalue weighted by atomic mass is 16.2. The molecule has 4 heteroatoms. The number of nitrogens with two attached hydrogens (primary N) is 1. The maximum absolute atomic E-state index is 11.9. The zero-order chi connectivity index (χ0) is 12.3. The number of carbonyl (C=O) groups is 1. The Morgan fingerprint density at radius 1 is 1.47 bits per heavy atom. The van der Waals surface area contributed by atoms with Gasteiger partial charge in [0.15, 0.2) is 0 Å². The average Bonchev–Trinajstić information content (AvgIpc) is 3.11. The van der Waals surface area contributed by atoms with Crippen molar-refractivity contribution in [1.82, 2.24) is 10.2 Å². The third kappa shape index (κ3) is 3.12. The lowest BCUT2D eigenvalue weighted by molar-refractivity contribution is 0.197. The van der Waals surface area contributed by atoms with E-state index in [1.165, 1.54) is 0 Å². The van der Waals surface area contributed by atoms with E-state index in [0.29, 0.717) is 19.1 Å². The second-order valence-electron chi connectivity index (χ2n) is 4.44. The van der Waals surface area contributed by atoms with E-state index in [9.17, 15) is 4.79 Å². The molecule has 4 nitrogen and oxygen atoms in total. The van der Waals surface area contributed by atoms with Gasteiger partial charge in [0.1, 0.15) is 0 Å². The number of para-hydroxylation sites is 1. The Morgan fingerprint density at radius 3 is 2.76 bits per heavy atom. The fourth-order valence-corrected chi connectivity index (χ4v) is 1.70. The van der Waals surface area contributed by atoms with Crippen LogP contribution in [0.4, 0.5) is 10.5 Å². The standard InChI is InChI=1S/C13H19N3O/c1-2-16(13(17)15-11-7-8-11)9-10-5-3-4-6-12(10)14/h3-6,11H,2,7-9,14H2,1H3,(H,15,17). The lowest BCUT2D eigenvalue weighted by Gasteiger charge is -2.22. The molecule has 0 unspecified atom stereocenters. The number of hydrogen-bond donors (Lipinski definition) is 2. The maximum atomic E-state index is 11.9. The number of urea groups is 1. The molecule has 1 saturated carbocycles. The Morgan fingerprint density at radius 2 is 2.18 bits per heavy atom. The molecule has 2 amide bonds. The van der Waals surface area contributed by atoms with Gasteiger partial charge in [0, 0.05) is 24.8 Å². The van der Waals surface area contributed by atoms with Crippen molar-refractivity contribution in [2.75, 3.05) is 12.3 Å². The van der Waals surface area contributed by atoms with E-state index in [1.54, 1.807) is 4.90 Å². The van der Waals surface area contributed by atoms with Gasteiger partial charge in [0.2, 0.25) is 0 Å². The van der Waals surface area contributed by atoms with Crippen LogP contribution in [0, 0.1) is 0 Å². The third-order valence-electron chi connectivity index (χ3n) is 2.99. The zero-order valence-electron chi connectivity index (χ0n) is 10.1. The predicted molar refractivity (Wildman–Crippen MR) is 68.5 cm³/mol. The molecule has 0 heterocycles. The lowest BCUT2D eigenvalue weighted by Crippen LogP contribution is -2.40. The highest BCUT2D eigenvalue weighted by Gasteiger charge is 2.25. The van der Waals surface area contributed by atoms with Crippen molar-refractivity contribution in [3.8, 4) is 0 Å². The number of hydrogen-bond acceptors (Lipinski definition) is 2. The van der Waals surface area contributed by atoms with E-state index < -0.39 is 0 Å². The van der Waals surface area contributed by atoms with Crippen molar-refractivity contribution in [2.45, 2.75) is 32.4 Å². The SMILES string of the molecule is CCN(Cc1ccccc1N)C(=O)NC1CC1. The minimum Gasteiger partial charge on any atom is -0.398 e. The Balaban J connectivity index is 1.98. The van der Waals surface area contributed by atoms with Crippen molar-refractivity contribution < 1.29 is 4.79 Å². The Bertz CT molecular complexity index is 401. The Hall–Kier alpha value is -1.71. The van der Waals surface area contributed by atoms with Crippen LogP contribution in [0.2, 0.25) is 0 Å². The van der Waals surface area contributed by atoms with E-state index in [4.69, 9.17) is 5.73 Å². The van der Waals surface area contributed by atoms with Crippen molar-refractivity contribution in [2.24, 2.45) is 0 Å². The number of anilines is 1. The van der Waals surface area contributed by atoms with Gasteiger partial charge in [-0.3, -0.25) is 0 Å². The number of nitrogen functional groups attached to an aromatic ring is 1. The smallest absolute Gasteiger partial charge is 0.317 e. The summed E-state index contributed by atoms with van der Waals surface area (Å²) in [6.45, 7) is 3.24. The van der Waals surface area contributed by atoms with Gasteiger partial charge < -0.3 is 16.0 Å². The molecular formula is C13H19N3O. The first kappa shape index (κ1) is 11.8. The summed E-state index contributed by atoms with van der Waals surface area (Å²) >= 11 is 0. The number of rotatable bonds is 4. The van der Waals surface area contributed by atoms with Crippen LogP contribution in [0.3, 0.4) is 0 Å². The first-order valence-electron chi connectivity index (χ1n) is 6.09. The van der Waals surface area contributed by atoms with Gasteiger partial charge in [-0.15, -0.1) is 0 Å². The molecule has 1 fully saturated rings. The number of benzene rings is 1. The summed E-state index contributed by atoms with van der Waals surface area (Å²) < 4.78 is 0. The van der Waals surface area contributed by atoms with Gasteiger partial charge in [-0.25, -0.2) is 4.79 Å². The molecule has 1 aliphatic carbocycles. The zero-order valence-corrected chi connectivity index (χ0v) is 10.1. The van der Waals surface area contributed by atoms with Crippen LogP contribution in [0.1, 0.15) is 25.3 Å². The average molecular weight is 233 g/mol. The van der Waals surface area contributed by atoms with E-state index in [-0.39, 0.29) is 6.03 Å². The first-order chi connectivity index (χ1) is 8.20. The molecular weight excluding hydrogens is 214 g/mol. The minimum atomic E-state index is 0.0123. The second kappa shape index (κ2) is 5.08. The summed E-state index contributed by atoms with van der Waals surface area (Å²) in [6.07, 6.45) is 2.22. The van der Waals surface area contributed by atoms with E-state index >= 15 is 0 Å². The number of carbonyl (C=O) groups excluding carboxylic acids is 1. The molecule has 17 heavy (non-hydrogen) atoms. The monoisotopic (exact) mass is 233 g/mol. The second-order valence-corrected chi connectivity index (χ2v) is 4.44. The molecule has 3 N–H and O–H groups in total. The maximum Gasteiger partial charge on any atom is 0.317 e. The van der Waals surface area contributed by atoms with Gasteiger partial charge in [-0.05, 0) is 31.4 Å². The summed E-state index contributed by atoms with van der Waals surface area (Å²) in [4.78, 5) is 13.7. The molecule has 0 spiro atoms. The number of nitrogens with zero attached hydrogens (tertiary/aromatic N) is 1. The van der Waals surface area contributed by atoms with Crippen LogP contribution < -0.4 is 11.1 Å². The lowest BCUT2D eigenvalue weighted by atomic mass is 10.2. The summed E-state index contributed by atoms with van der Waals surface area (Å²) in [6, 6.07) is 8.07. The number of amides is 2. The first-order valence-corrected chi connectivity index (χ1v) is 6.09. The summed E-state index contributed by atoms with van der Waals surface area (Å²) in [7, 11) is 0. The quantitative estimate of drug-likeness (QED) is 0.781. The van der Waals surface area contributed by atoms with Crippen LogP contribution in [0.15, 0.2) is 24.3 Å². The molecule has 92 valence electrons. The minimum absolute atomic E-state index is 0.0123. The third-order valence-corrected chi connectivity index (χ3v) is 2.99. The Labute approximate surface area is 102 Å². The van der Waals surface area contributed by atoms with Crippen LogP contribution >= 0.6 is 0 Å². The Kier molecular flexibility index (Phi) is 3.52. The largest absolute Gasteiger partial charge is 0.398 e. The topological polar surface area (TPSA) is 58.4 Å². The van der Waals surface area contributed by atoms with Gasteiger partial charge in [-0.2, -0.15) is 0 Å². The van der Waals surface area contributed by atoms with E-state index in [2.05, 4.69) is 5.32 Å². The van der Waals surface area contributed by atoms with Crippen LogP contribution in [0.25, 0.3) is 0 Å². The summed E-state index contributed by atoms with van der Waals surface area (Å²) in [5.41, 5.74) is 7.62. The molecule has 1 aromatic rings. The van der Waals surface area contributed by atoms with E-state index in [1.807, 2.05) is 31.2 Å². The molecule has 2 rings (SSSR count). The van der Waals surface area contributed by atoms with Crippen LogP contribution in [-0.2, 0) is 6.54 Å². The molecule has 0 aromatic heterocycles. The van der Waals surface area contributed by atoms with Gasteiger partial charge in [0.25, 0.3) is 0 Å². The van der Waals surface area contributed by atoms with Crippen molar-refractivity contribution in [3.05, 3.63) is 29.8 Å². The van der Waals surface area contributed by atoms with Crippen molar-refractivity contribution in [1.29, 1.82) is 0 Å².